The first-order chi connectivity index (χ1) is 11.4. The largest absolute Gasteiger partial charge is 0.394 e. The van der Waals surface area contributed by atoms with E-state index in [9.17, 15) is 10.2 Å². The smallest absolute Gasteiger partial charge is 0.105 e. The third-order valence-corrected chi connectivity index (χ3v) is 4.42. The van der Waals surface area contributed by atoms with Crippen LogP contribution in [0.2, 0.25) is 0 Å². The van der Waals surface area contributed by atoms with Crippen LogP contribution in [-0.4, -0.2) is 47.3 Å². The number of allylic oxidation sites excluding steroid dienone is 1. The minimum atomic E-state index is -1.12. The second kappa shape index (κ2) is 14.9. The molecule has 0 aromatic rings. The van der Waals surface area contributed by atoms with E-state index in [2.05, 4.69) is 33.8 Å². The van der Waals surface area contributed by atoms with Crippen LogP contribution >= 0.6 is 0 Å². The summed E-state index contributed by atoms with van der Waals surface area (Å²) in [5.74, 6) is 1.64. The van der Waals surface area contributed by atoms with Crippen LogP contribution in [0.15, 0.2) is 11.6 Å². The molecule has 0 rings (SSSR count). The summed E-state index contributed by atoms with van der Waals surface area (Å²) in [6, 6.07) is 0. The lowest BCUT2D eigenvalue weighted by atomic mass is 9.94. The van der Waals surface area contributed by atoms with Crippen LogP contribution in [0.25, 0.3) is 0 Å². The van der Waals surface area contributed by atoms with E-state index in [0.717, 1.165) is 24.7 Å². The minimum Gasteiger partial charge on any atom is -0.394 e. The third kappa shape index (κ3) is 14.0. The van der Waals surface area contributed by atoms with Crippen molar-refractivity contribution in [3.63, 3.8) is 0 Å². The van der Waals surface area contributed by atoms with Crippen LogP contribution in [-0.2, 0) is 4.74 Å². The van der Waals surface area contributed by atoms with Gasteiger partial charge in [-0.05, 0) is 38.0 Å². The van der Waals surface area contributed by atoms with E-state index in [1.807, 2.05) is 0 Å². The molecule has 4 heteroatoms. The van der Waals surface area contributed by atoms with Crippen molar-refractivity contribution in [3.8, 4) is 0 Å². The molecule has 0 amide bonds. The summed E-state index contributed by atoms with van der Waals surface area (Å²) in [7, 11) is 0. The van der Waals surface area contributed by atoms with Gasteiger partial charge in [-0.2, -0.15) is 0 Å². The molecule has 24 heavy (non-hydrogen) atoms. The molecule has 3 N–H and O–H groups in total. The highest BCUT2D eigenvalue weighted by molar-refractivity contribution is 4.97. The van der Waals surface area contributed by atoms with E-state index in [0.29, 0.717) is 6.61 Å². The molecular formula is C20H40O4. The van der Waals surface area contributed by atoms with Crippen molar-refractivity contribution in [2.24, 2.45) is 11.8 Å². The lowest BCUT2D eigenvalue weighted by Crippen LogP contribution is -2.33. The van der Waals surface area contributed by atoms with Crippen LogP contribution in [0.3, 0.4) is 0 Å². The molecule has 0 saturated heterocycles. The van der Waals surface area contributed by atoms with Gasteiger partial charge in [0, 0.05) is 0 Å². The van der Waals surface area contributed by atoms with Crippen molar-refractivity contribution in [2.75, 3.05) is 19.8 Å². The van der Waals surface area contributed by atoms with Crippen molar-refractivity contribution < 1.29 is 20.1 Å². The van der Waals surface area contributed by atoms with E-state index >= 15 is 0 Å². The summed E-state index contributed by atoms with van der Waals surface area (Å²) in [6.45, 7) is 9.24. The lowest BCUT2D eigenvalue weighted by Gasteiger charge is -2.15. The number of hydrogen-bond acceptors (Lipinski definition) is 4. The van der Waals surface area contributed by atoms with Crippen molar-refractivity contribution in [1.82, 2.24) is 0 Å². The van der Waals surface area contributed by atoms with Gasteiger partial charge in [0.1, 0.15) is 12.2 Å². The number of hydrogen-bond donors (Lipinski definition) is 3. The maximum atomic E-state index is 9.44. The monoisotopic (exact) mass is 344 g/mol. The van der Waals surface area contributed by atoms with Crippen LogP contribution in [0.1, 0.15) is 72.6 Å². The van der Waals surface area contributed by atoms with Gasteiger partial charge < -0.3 is 20.1 Å². The first-order valence-electron chi connectivity index (χ1n) is 9.57. The Morgan fingerprint density at radius 3 is 2.29 bits per heavy atom. The first kappa shape index (κ1) is 23.6. The van der Waals surface area contributed by atoms with E-state index in [4.69, 9.17) is 9.84 Å². The SMILES string of the molecule is CC(=CCCOCC(O)C(O)CO)CCCC(C)CCCC(C)C. The highest BCUT2D eigenvalue weighted by atomic mass is 16.5. The molecule has 3 atom stereocenters. The number of aliphatic hydroxyl groups is 3. The Bertz CT molecular complexity index is 315. The van der Waals surface area contributed by atoms with E-state index in [-0.39, 0.29) is 6.61 Å². The summed E-state index contributed by atoms with van der Waals surface area (Å²) in [6.07, 6.45) is 8.59. The predicted octanol–water partition coefficient (Wildman–Crippen LogP) is 3.69. The molecule has 0 spiro atoms. The summed E-state index contributed by atoms with van der Waals surface area (Å²) < 4.78 is 5.31. The average Bonchev–Trinajstić information content (AvgIpc) is 2.53. The molecule has 0 heterocycles. The molecule has 0 aliphatic carbocycles. The molecule has 3 unspecified atom stereocenters. The Labute approximate surface area is 148 Å². The first-order valence-corrected chi connectivity index (χ1v) is 9.57. The topological polar surface area (TPSA) is 69.9 Å². The van der Waals surface area contributed by atoms with Crippen LogP contribution < -0.4 is 0 Å². The molecule has 0 aromatic carbocycles. The van der Waals surface area contributed by atoms with E-state index < -0.39 is 18.8 Å². The zero-order valence-electron chi connectivity index (χ0n) is 16.2. The van der Waals surface area contributed by atoms with Crippen LogP contribution in [0.5, 0.6) is 0 Å². The van der Waals surface area contributed by atoms with Gasteiger partial charge in [-0.15, -0.1) is 0 Å². The predicted molar refractivity (Wildman–Crippen MR) is 100.0 cm³/mol. The average molecular weight is 345 g/mol. The molecule has 0 bridgehead atoms. The van der Waals surface area contributed by atoms with Crippen LogP contribution in [0.4, 0.5) is 0 Å². The molecule has 0 aliphatic rings. The highest BCUT2D eigenvalue weighted by Gasteiger charge is 2.14. The van der Waals surface area contributed by atoms with Gasteiger partial charge in [0.2, 0.25) is 0 Å². The molecule has 0 fully saturated rings. The zero-order chi connectivity index (χ0) is 18.4. The van der Waals surface area contributed by atoms with Gasteiger partial charge in [-0.1, -0.05) is 58.1 Å². The molecule has 144 valence electrons. The van der Waals surface area contributed by atoms with Gasteiger partial charge in [-0.3, -0.25) is 0 Å². The third-order valence-electron chi connectivity index (χ3n) is 4.42. The Morgan fingerprint density at radius 2 is 1.67 bits per heavy atom. The van der Waals surface area contributed by atoms with E-state index in [1.54, 1.807) is 0 Å². The number of aliphatic hydroxyl groups excluding tert-OH is 3. The number of rotatable bonds is 15. The fourth-order valence-corrected chi connectivity index (χ4v) is 2.68. The molecule has 0 saturated carbocycles. The van der Waals surface area contributed by atoms with Gasteiger partial charge >= 0.3 is 0 Å². The van der Waals surface area contributed by atoms with Crippen molar-refractivity contribution in [2.45, 2.75) is 84.8 Å². The van der Waals surface area contributed by atoms with Crippen LogP contribution in [0, 0.1) is 11.8 Å². The summed E-state index contributed by atoms with van der Waals surface area (Å²) >= 11 is 0. The lowest BCUT2D eigenvalue weighted by molar-refractivity contribution is -0.0560. The van der Waals surface area contributed by atoms with Gasteiger partial charge in [-0.25, -0.2) is 0 Å². The maximum absolute atomic E-state index is 9.44. The fraction of sp³-hybridized carbons (Fsp3) is 0.900. The molecule has 0 aromatic heterocycles. The summed E-state index contributed by atoms with van der Waals surface area (Å²) in [5, 5.41) is 27.3. The molecule has 0 aliphatic heterocycles. The van der Waals surface area contributed by atoms with Crippen molar-refractivity contribution >= 4 is 0 Å². The maximum Gasteiger partial charge on any atom is 0.105 e. The normalized spacial score (nSPS) is 16.4. The minimum absolute atomic E-state index is 0.0580. The molecule has 4 nitrogen and oxygen atoms in total. The van der Waals surface area contributed by atoms with Gasteiger partial charge in [0.05, 0.1) is 19.8 Å². The highest BCUT2D eigenvalue weighted by Crippen LogP contribution is 2.19. The Morgan fingerprint density at radius 1 is 1.00 bits per heavy atom. The Balaban J connectivity index is 3.62. The quantitative estimate of drug-likeness (QED) is 0.313. The summed E-state index contributed by atoms with van der Waals surface area (Å²) in [5.41, 5.74) is 1.39. The van der Waals surface area contributed by atoms with Crippen molar-refractivity contribution in [1.29, 1.82) is 0 Å². The molecule has 0 radical (unpaired) electrons. The van der Waals surface area contributed by atoms with Gasteiger partial charge in [0.25, 0.3) is 0 Å². The summed E-state index contributed by atoms with van der Waals surface area (Å²) in [4.78, 5) is 0. The Hall–Kier alpha value is -0.420. The van der Waals surface area contributed by atoms with Crippen molar-refractivity contribution in [3.05, 3.63) is 11.6 Å². The standard InChI is InChI=1S/C20H40O4/c1-16(2)8-5-9-17(3)10-6-11-18(4)12-7-13-24-15-20(23)19(22)14-21/h12,16-17,19-23H,5-11,13-15H2,1-4H3. The Kier molecular flexibility index (Phi) is 14.6. The van der Waals surface area contributed by atoms with Gasteiger partial charge in [0.15, 0.2) is 0 Å². The number of ether oxygens (including phenoxy) is 1. The fourth-order valence-electron chi connectivity index (χ4n) is 2.68. The second-order valence-electron chi connectivity index (χ2n) is 7.55. The molecular weight excluding hydrogens is 304 g/mol. The van der Waals surface area contributed by atoms with E-state index in [1.165, 1.54) is 37.7 Å². The second-order valence-corrected chi connectivity index (χ2v) is 7.55. The zero-order valence-corrected chi connectivity index (χ0v) is 16.2.